The van der Waals surface area contributed by atoms with E-state index in [4.69, 9.17) is 10.8 Å². The van der Waals surface area contributed by atoms with Gasteiger partial charge in [0.1, 0.15) is 15.2 Å². The first-order valence-corrected chi connectivity index (χ1v) is 6.89. The number of aliphatic hydroxyl groups excluding tert-OH is 1. The van der Waals surface area contributed by atoms with Crippen LogP contribution in [0, 0.1) is 0 Å². The zero-order valence-corrected chi connectivity index (χ0v) is 11.5. The van der Waals surface area contributed by atoms with E-state index >= 15 is 0 Å². The third-order valence-corrected chi connectivity index (χ3v) is 3.90. The van der Waals surface area contributed by atoms with Crippen LogP contribution >= 0.6 is 11.3 Å². The predicted molar refractivity (Wildman–Crippen MR) is 75.1 cm³/mol. The van der Waals surface area contributed by atoms with E-state index in [1.165, 1.54) is 11.3 Å². The van der Waals surface area contributed by atoms with E-state index in [2.05, 4.69) is 9.97 Å². The summed E-state index contributed by atoms with van der Waals surface area (Å²) in [5, 5.41) is 8.85. The lowest BCUT2D eigenvalue weighted by Crippen LogP contribution is -2.32. The third-order valence-electron chi connectivity index (χ3n) is 2.81. The second-order valence-electron chi connectivity index (χ2n) is 4.02. The van der Waals surface area contributed by atoms with Gasteiger partial charge in [-0.2, -0.15) is 0 Å². The van der Waals surface area contributed by atoms with Crippen molar-refractivity contribution < 1.29 is 9.90 Å². The number of thiophene rings is 1. The average molecular weight is 280 g/mol. The number of carbonyl (C=O) groups excluding carboxylic acids is 1. The van der Waals surface area contributed by atoms with Gasteiger partial charge in [-0.05, 0) is 13.3 Å². The van der Waals surface area contributed by atoms with Crippen LogP contribution in [0.5, 0.6) is 0 Å². The molecule has 0 saturated carbocycles. The van der Waals surface area contributed by atoms with Gasteiger partial charge in [-0.3, -0.25) is 4.79 Å². The van der Waals surface area contributed by atoms with E-state index in [-0.39, 0.29) is 12.5 Å². The lowest BCUT2D eigenvalue weighted by atomic mass is 10.3. The molecule has 2 rings (SSSR count). The Bertz CT molecular complexity index is 584. The van der Waals surface area contributed by atoms with Crippen molar-refractivity contribution in [1.29, 1.82) is 0 Å². The zero-order valence-electron chi connectivity index (χ0n) is 10.7. The number of fused-ring (bicyclic) bond motifs is 1. The van der Waals surface area contributed by atoms with Crippen LogP contribution in [0.1, 0.15) is 23.0 Å². The number of amides is 1. The van der Waals surface area contributed by atoms with Crippen LogP contribution < -0.4 is 5.73 Å². The van der Waals surface area contributed by atoms with Crippen LogP contribution in [0.3, 0.4) is 0 Å². The van der Waals surface area contributed by atoms with Gasteiger partial charge in [0.05, 0.1) is 5.69 Å². The molecule has 2 heterocycles. The van der Waals surface area contributed by atoms with Gasteiger partial charge in [-0.1, -0.05) is 0 Å². The summed E-state index contributed by atoms with van der Waals surface area (Å²) in [6, 6.07) is 0. The number of aliphatic hydroxyl groups is 1. The van der Waals surface area contributed by atoms with Gasteiger partial charge < -0.3 is 15.7 Å². The Labute approximate surface area is 114 Å². The molecule has 0 aromatic carbocycles. The summed E-state index contributed by atoms with van der Waals surface area (Å²) in [6.45, 7) is 3.05. The van der Waals surface area contributed by atoms with Crippen molar-refractivity contribution in [2.45, 2.75) is 13.3 Å². The summed E-state index contributed by atoms with van der Waals surface area (Å²) in [4.78, 5) is 23.5. The second kappa shape index (κ2) is 5.94. The van der Waals surface area contributed by atoms with E-state index in [9.17, 15) is 4.79 Å². The molecule has 0 radical (unpaired) electrons. The average Bonchev–Trinajstić information content (AvgIpc) is 2.77. The fourth-order valence-corrected chi connectivity index (χ4v) is 2.80. The van der Waals surface area contributed by atoms with Gasteiger partial charge >= 0.3 is 0 Å². The molecular formula is C12H16N4O2S. The van der Waals surface area contributed by atoms with Gasteiger partial charge in [0.2, 0.25) is 0 Å². The van der Waals surface area contributed by atoms with Crippen LogP contribution in [0.4, 0.5) is 5.69 Å². The summed E-state index contributed by atoms with van der Waals surface area (Å²) in [6.07, 6.45) is 3.69. The zero-order chi connectivity index (χ0) is 13.8. The number of nitrogens with zero attached hydrogens (tertiary/aromatic N) is 3. The molecule has 2 aromatic heterocycles. The minimum Gasteiger partial charge on any atom is -0.396 e. The number of nitrogens with two attached hydrogens (primary N) is 1. The molecule has 0 aliphatic carbocycles. The first-order valence-electron chi connectivity index (χ1n) is 6.08. The smallest absolute Gasteiger partial charge is 0.266 e. The Morgan fingerprint density at radius 3 is 2.84 bits per heavy atom. The topological polar surface area (TPSA) is 92.3 Å². The van der Waals surface area contributed by atoms with Crippen LogP contribution in [-0.2, 0) is 0 Å². The van der Waals surface area contributed by atoms with E-state index in [1.54, 1.807) is 17.3 Å². The number of rotatable bonds is 5. The maximum Gasteiger partial charge on any atom is 0.266 e. The highest BCUT2D eigenvalue weighted by atomic mass is 32.1. The maximum atomic E-state index is 12.4. The van der Waals surface area contributed by atoms with Gasteiger partial charge in [0.15, 0.2) is 0 Å². The fourth-order valence-electron chi connectivity index (χ4n) is 1.81. The van der Waals surface area contributed by atoms with Gasteiger partial charge in [-0.15, -0.1) is 11.3 Å². The van der Waals surface area contributed by atoms with Crippen LogP contribution in [0.25, 0.3) is 10.3 Å². The number of nitrogen functional groups attached to an aromatic ring is 1. The summed E-state index contributed by atoms with van der Waals surface area (Å²) in [5.41, 5.74) is 6.94. The summed E-state index contributed by atoms with van der Waals surface area (Å²) in [7, 11) is 0. The Morgan fingerprint density at radius 1 is 1.47 bits per heavy atom. The molecule has 0 aliphatic rings. The number of hydrogen-bond donors (Lipinski definition) is 2. The Morgan fingerprint density at radius 2 is 2.21 bits per heavy atom. The molecule has 0 spiro atoms. The molecule has 3 N–H and O–H groups in total. The van der Waals surface area contributed by atoms with E-state index < -0.39 is 0 Å². The first-order chi connectivity index (χ1) is 9.19. The van der Waals surface area contributed by atoms with Crippen molar-refractivity contribution in [2.75, 3.05) is 25.4 Å². The minimum atomic E-state index is -0.127. The molecule has 102 valence electrons. The predicted octanol–water partition coefficient (Wildman–Crippen LogP) is 1.12. The molecular weight excluding hydrogens is 264 g/mol. The normalized spacial score (nSPS) is 10.8. The fraction of sp³-hybridized carbons (Fsp3) is 0.417. The molecule has 2 aromatic rings. The molecule has 0 aliphatic heterocycles. The number of hydrogen-bond acceptors (Lipinski definition) is 6. The quantitative estimate of drug-likeness (QED) is 0.856. The SMILES string of the molecule is CCN(CCCO)C(=O)c1sc2nccnc2c1N. The largest absolute Gasteiger partial charge is 0.396 e. The maximum absolute atomic E-state index is 12.4. The number of carbonyl (C=O) groups is 1. The molecule has 7 heteroatoms. The Kier molecular flexibility index (Phi) is 4.28. The number of aromatic nitrogens is 2. The van der Waals surface area contributed by atoms with E-state index in [0.29, 0.717) is 40.4 Å². The highest BCUT2D eigenvalue weighted by Gasteiger charge is 2.21. The molecule has 0 bridgehead atoms. The molecule has 0 unspecified atom stereocenters. The molecule has 0 atom stereocenters. The van der Waals surface area contributed by atoms with Crippen LogP contribution in [-0.4, -0.2) is 45.6 Å². The van der Waals surface area contributed by atoms with Crippen LogP contribution in [0.2, 0.25) is 0 Å². The molecule has 6 nitrogen and oxygen atoms in total. The van der Waals surface area contributed by atoms with Crippen molar-refractivity contribution in [3.8, 4) is 0 Å². The van der Waals surface area contributed by atoms with Crippen molar-refractivity contribution in [3.63, 3.8) is 0 Å². The third kappa shape index (κ3) is 2.66. The highest BCUT2D eigenvalue weighted by molar-refractivity contribution is 7.21. The van der Waals surface area contributed by atoms with E-state index in [0.717, 1.165) is 0 Å². The summed E-state index contributed by atoms with van der Waals surface area (Å²) >= 11 is 1.26. The lowest BCUT2D eigenvalue weighted by molar-refractivity contribution is 0.0760. The number of anilines is 1. The van der Waals surface area contributed by atoms with Crippen LogP contribution in [0.15, 0.2) is 12.4 Å². The Balaban J connectivity index is 2.32. The molecule has 1 amide bonds. The molecule has 0 fully saturated rings. The van der Waals surface area contributed by atoms with Gasteiger partial charge in [0, 0.05) is 32.1 Å². The Hall–Kier alpha value is -1.73. The molecule has 0 saturated heterocycles. The van der Waals surface area contributed by atoms with Gasteiger partial charge in [-0.25, -0.2) is 9.97 Å². The second-order valence-corrected chi connectivity index (χ2v) is 5.02. The summed E-state index contributed by atoms with van der Waals surface area (Å²) < 4.78 is 0. The molecule has 19 heavy (non-hydrogen) atoms. The first kappa shape index (κ1) is 13.7. The summed E-state index contributed by atoms with van der Waals surface area (Å²) in [5.74, 6) is -0.127. The highest BCUT2D eigenvalue weighted by Crippen LogP contribution is 2.31. The van der Waals surface area contributed by atoms with Crippen molar-refractivity contribution in [3.05, 3.63) is 17.3 Å². The minimum absolute atomic E-state index is 0.0643. The van der Waals surface area contributed by atoms with Crippen molar-refractivity contribution in [2.24, 2.45) is 0 Å². The van der Waals surface area contributed by atoms with Gasteiger partial charge in [0.25, 0.3) is 5.91 Å². The van der Waals surface area contributed by atoms with Crippen molar-refractivity contribution >= 4 is 33.3 Å². The van der Waals surface area contributed by atoms with E-state index in [1.807, 2.05) is 6.92 Å². The monoisotopic (exact) mass is 280 g/mol. The lowest BCUT2D eigenvalue weighted by Gasteiger charge is -2.19. The standard InChI is InChI=1S/C12H16N4O2S/c1-2-16(6-3-7-17)12(18)10-8(13)9-11(19-10)15-5-4-14-9/h4-5,17H,2-3,6-7,13H2,1H3. The van der Waals surface area contributed by atoms with Crippen molar-refractivity contribution in [1.82, 2.24) is 14.9 Å².